The molecule has 0 aliphatic rings. The van der Waals surface area contributed by atoms with E-state index >= 15 is 0 Å². The van der Waals surface area contributed by atoms with Crippen molar-refractivity contribution in [3.8, 4) is 6.07 Å². The maximum absolute atomic E-state index is 13.4. The summed E-state index contributed by atoms with van der Waals surface area (Å²) in [6.07, 6.45) is 0.105. The van der Waals surface area contributed by atoms with Crippen molar-refractivity contribution in [2.24, 2.45) is 5.73 Å². The molecule has 0 unspecified atom stereocenters. The largest absolute Gasteiger partial charge is 0.321 e. The molecule has 3 heteroatoms. The number of nitriles is 1. The van der Waals surface area contributed by atoms with E-state index in [0.717, 1.165) is 5.56 Å². The Kier molecular flexibility index (Phi) is 2.87. The highest BCUT2D eigenvalue weighted by Crippen LogP contribution is 2.24. The van der Waals surface area contributed by atoms with Crippen LogP contribution in [0.2, 0.25) is 0 Å². The molecule has 0 bridgehead atoms. The first-order valence-electron chi connectivity index (χ1n) is 4.40. The molecule has 0 aliphatic carbocycles. The Morgan fingerprint density at radius 3 is 2.79 bits per heavy atom. The van der Waals surface area contributed by atoms with Crippen LogP contribution in [0, 0.1) is 24.1 Å². The number of benzene rings is 1. The molecule has 1 atom stereocenters. The first-order chi connectivity index (χ1) is 6.47. The van der Waals surface area contributed by atoms with Gasteiger partial charge in [0.15, 0.2) is 0 Å². The Morgan fingerprint density at radius 1 is 1.57 bits per heavy atom. The highest BCUT2D eigenvalue weighted by atomic mass is 19.1. The summed E-state index contributed by atoms with van der Waals surface area (Å²) in [6.45, 7) is 3.53. The molecule has 0 fully saturated rings. The number of rotatable bonds is 2. The lowest BCUT2D eigenvalue weighted by Crippen LogP contribution is -2.33. The average molecular weight is 192 g/mol. The third-order valence-corrected chi connectivity index (χ3v) is 2.18. The predicted molar refractivity (Wildman–Crippen MR) is 52.9 cm³/mol. The molecule has 0 spiro atoms. The van der Waals surface area contributed by atoms with Gasteiger partial charge in [0.2, 0.25) is 0 Å². The van der Waals surface area contributed by atoms with Gasteiger partial charge in [-0.05, 0) is 19.9 Å². The van der Waals surface area contributed by atoms with Crippen molar-refractivity contribution >= 4 is 0 Å². The normalized spacial score (nSPS) is 14.5. The van der Waals surface area contributed by atoms with Gasteiger partial charge in [0, 0.05) is 5.56 Å². The molecule has 1 rings (SSSR count). The summed E-state index contributed by atoms with van der Waals surface area (Å²) in [6, 6.07) is 6.71. The first-order valence-corrected chi connectivity index (χ1v) is 4.40. The van der Waals surface area contributed by atoms with E-state index in [2.05, 4.69) is 0 Å². The molecule has 1 aromatic carbocycles. The zero-order valence-corrected chi connectivity index (χ0v) is 8.34. The van der Waals surface area contributed by atoms with Gasteiger partial charge in [-0.2, -0.15) is 5.26 Å². The number of hydrogen-bond acceptors (Lipinski definition) is 2. The van der Waals surface area contributed by atoms with Crippen molar-refractivity contribution in [2.75, 3.05) is 0 Å². The fourth-order valence-electron chi connectivity index (χ4n) is 1.34. The molecule has 2 N–H and O–H groups in total. The number of nitrogens with two attached hydrogens (primary N) is 1. The lowest BCUT2D eigenvalue weighted by molar-refractivity contribution is 0.469. The van der Waals surface area contributed by atoms with E-state index in [1.165, 1.54) is 6.07 Å². The monoisotopic (exact) mass is 192 g/mol. The van der Waals surface area contributed by atoms with Gasteiger partial charge in [-0.25, -0.2) is 4.39 Å². The van der Waals surface area contributed by atoms with Gasteiger partial charge < -0.3 is 5.73 Å². The minimum atomic E-state index is -0.912. The maximum Gasteiger partial charge on any atom is 0.128 e. The van der Waals surface area contributed by atoms with Crippen LogP contribution in [0.1, 0.15) is 24.5 Å². The molecule has 14 heavy (non-hydrogen) atoms. The topological polar surface area (TPSA) is 49.8 Å². The summed E-state index contributed by atoms with van der Waals surface area (Å²) in [5, 5.41) is 8.57. The highest BCUT2D eigenvalue weighted by Gasteiger charge is 2.24. The van der Waals surface area contributed by atoms with Gasteiger partial charge >= 0.3 is 0 Å². The molecule has 1 aromatic rings. The highest BCUT2D eigenvalue weighted by molar-refractivity contribution is 5.30. The second-order valence-corrected chi connectivity index (χ2v) is 3.74. The van der Waals surface area contributed by atoms with Crippen LogP contribution in [0.4, 0.5) is 4.39 Å². The van der Waals surface area contributed by atoms with Crippen molar-refractivity contribution in [3.05, 3.63) is 35.1 Å². The van der Waals surface area contributed by atoms with Gasteiger partial charge in [0.05, 0.1) is 18.0 Å². The molecular weight excluding hydrogens is 179 g/mol. The molecule has 0 radical (unpaired) electrons. The second kappa shape index (κ2) is 3.77. The maximum atomic E-state index is 13.4. The van der Waals surface area contributed by atoms with E-state index in [9.17, 15) is 4.39 Å². The third-order valence-electron chi connectivity index (χ3n) is 2.18. The van der Waals surface area contributed by atoms with Crippen molar-refractivity contribution in [3.63, 3.8) is 0 Å². The Bertz CT molecular complexity index is 377. The SMILES string of the molecule is Cc1ccc(F)c([C@@](C)(N)CC#N)c1. The van der Waals surface area contributed by atoms with Crippen LogP contribution in [0.15, 0.2) is 18.2 Å². The minimum absolute atomic E-state index is 0.105. The zero-order chi connectivity index (χ0) is 10.8. The summed E-state index contributed by atoms with van der Waals surface area (Å²) in [4.78, 5) is 0. The number of nitrogens with zero attached hydrogens (tertiary/aromatic N) is 1. The Hall–Kier alpha value is -1.40. The van der Waals surface area contributed by atoms with Gasteiger partial charge in [0.25, 0.3) is 0 Å². The molecule has 74 valence electrons. The van der Waals surface area contributed by atoms with Crippen LogP contribution in [-0.4, -0.2) is 0 Å². The van der Waals surface area contributed by atoms with E-state index < -0.39 is 5.54 Å². The van der Waals surface area contributed by atoms with Crippen LogP contribution < -0.4 is 5.73 Å². The Balaban J connectivity index is 3.18. The predicted octanol–water partition coefficient (Wildman–Crippen LogP) is 2.22. The second-order valence-electron chi connectivity index (χ2n) is 3.74. The van der Waals surface area contributed by atoms with Gasteiger partial charge in [0.1, 0.15) is 5.82 Å². The molecule has 0 amide bonds. The van der Waals surface area contributed by atoms with Crippen LogP contribution in [0.3, 0.4) is 0 Å². The van der Waals surface area contributed by atoms with E-state index in [0.29, 0.717) is 5.56 Å². The summed E-state index contributed by atoms with van der Waals surface area (Å²) in [5.41, 5.74) is 6.29. The third kappa shape index (κ3) is 2.09. The number of hydrogen-bond donors (Lipinski definition) is 1. The molecule has 0 aromatic heterocycles. The van der Waals surface area contributed by atoms with Crippen LogP contribution in [-0.2, 0) is 5.54 Å². The van der Waals surface area contributed by atoms with Crippen LogP contribution >= 0.6 is 0 Å². The fourth-order valence-corrected chi connectivity index (χ4v) is 1.34. The number of halogens is 1. The van der Waals surface area contributed by atoms with Crippen LogP contribution in [0.25, 0.3) is 0 Å². The van der Waals surface area contributed by atoms with Crippen molar-refractivity contribution in [1.82, 2.24) is 0 Å². The van der Waals surface area contributed by atoms with E-state index in [1.807, 2.05) is 13.0 Å². The van der Waals surface area contributed by atoms with E-state index in [-0.39, 0.29) is 12.2 Å². The van der Waals surface area contributed by atoms with Crippen LogP contribution in [0.5, 0.6) is 0 Å². The van der Waals surface area contributed by atoms with Gasteiger partial charge in [-0.3, -0.25) is 0 Å². The van der Waals surface area contributed by atoms with Gasteiger partial charge in [-0.1, -0.05) is 17.7 Å². The zero-order valence-electron chi connectivity index (χ0n) is 8.34. The average Bonchev–Trinajstić information content (AvgIpc) is 2.09. The lowest BCUT2D eigenvalue weighted by atomic mass is 9.89. The Labute approximate surface area is 83.2 Å². The molecule has 0 aliphatic heterocycles. The smallest absolute Gasteiger partial charge is 0.128 e. The standard InChI is InChI=1S/C11H13FN2/c1-8-3-4-10(12)9(7-8)11(2,14)5-6-13/h3-4,7H,5,14H2,1-2H3/t11-/m0/s1. The summed E-state index contributed by atoms with van der Waals surface area (Å²) < 4.78 is 13.4. The molecular formula is C11H13FN2. The summed E-state index contributed by atoms with van der Waals surface area (Å²) in [7, 11) is 0. The molecule has 0 saturated carbocycles. The van der Waals surface area contributed by atoms with E-state index in [4.69, 9.17) is 11.0 Å². The molecule has 2 nitrogen and oxygen atoms in total. The van der Waals surface area contributed by atoms with Crippen molar-refractivity contribution < 1.29 is 4.39 Å². The van der Waals surface area contributed by atoms with E-state index in [1.54, 1.807) is 19.1 Å². The van der Waals surface area contributed by atoms with Gasteiger partial charge in [-0.15, -0.1) is 0 Å². The summed E-state index contributed by atoms with van der Waals surface area (Å²) >= 11 is 0. The summed E-state index contributed by atoms with van der Waals surface area (Å²) in [5.74, 6) is -0.351. The minimum Gasteiger partial charge on any atom is -0.321 e. The van der Waals surface area contributed by atoms with Crippen molar-refractivity contribution in [2.45, 2.75) is 25.8 Å². The first kappa shape index (κ1) is 10.7. The number of aryl methyl sites for hydroxylation is 1. The fraction of sp³-hybridized carbons (Fsp3) is 0.364. The molecule has 0 saturated heterocycles. The lowest BCUT2D eigenvalue weighted by Gasteiger charge is -2.22. The van der Waals surface area contributed by atoms with Crippen molar-refractivity contribution in [1.29, 1.82) is 5.26 Å². The quantitative estimate of drug-likeness (QED) is 0.781. The molecule has 0 heterocycles. The Morgan fingerprint density at radius 2 is 2.21 bits per heavy atom.